The van der Waals surface area contributed by atoms with E-state index in [1.165, 1.54) is 4.31 Å². The lowest BCUT2D eigenvalue weighted by atomic mass is 10.1. The highest BCUT2D eigenvalue weighted by Crippen LogP contribution is 2.35. The fourth-order valence-electron chi connectivity index (χ4n) is 5.13. The molecule has 0 radical (unpaired) electrons. The number of nitrogens with one attached hydrogen (secondary N) is 1. The van der Waals surface area contributed by atoms with E-state index in [-0.39, 0.29) is 43.8 Å². The van der Waals surface area contributed by atoms with Gasteiger partial charge < -0.3 is 24.4 Å². The first-order chi connectivity index (χ1) is 19.2. The Hall–Kier alpha value is -3.47. The molecule has 0 saturated heterocycles. The molecule has 1 fully saturated rings. The molecular formula is C29H39N3O7S. The third-order valence-corrected chi connectivity index (χ3v) is 8.52. The summed E-state index contributed by atoms with van der Waals surface area (Å²) in [6, 6.07) is 11.8. The Kier molecular flexibility index (Phi) is 9.78. The van der Waals surface area contributed by atoms with Crippen LogP contribution in [0, 0.1) is 0 Å². The molecular weight excluding hydrogens is 534 g/mol. The van der Waals surface area contributed by atoms with E-state index in [2.05, 4.69) is 5.32 Å². The lowest BCUT2D eigenvalue weighted by molar-refractivity contribution is -0.141. The zero-order valence-corrected chi connectivity index (χ0v) is 24.2. The molecule has 0 aromatic heterocycles. The van der Waals surface area contributed by atoms with Crippen molar-refractivity contribution >= 4 is 27.5 Å². The molecule has 2 aromatic rings. The molecule has 40 heavy (non-hydrogen) atoms. The quantitative estimate of drug-likeness (QED) is 0.413. The molecule has 1 saturated carbocycles. The van der Waals surface area contributed by atoms with Crippen LogP contribution in [0.3, 0.4) is 0 Å². The Labute approximate surface area is 236 Å². The highest BCUT2D eigenvalue weighted by molar-refractivity contribution is 7.92. The lowest BCUT2D eigenvalue weighted by Crippen LogP contribution is -2.49. The summed E-state index contributed by atoms with van der Waals surface area (Å²) >= 11 is 0. The van der Waals surface area contributed by atoms with Gasteiger partial charge in [0.1, 0.15) is 25.0 Å². The van der Waals surface area contributed by atoms with E-state index in [1.54, 1.807) is 37.1 Å². The van der Waals surface area contributed by atoms with E-state index in [4.69, 9.17) is 14.2 Å². The predicted octanol–water partition coefficient (Wildman–Crippen LogP) is 3.49. The fraction of sp³-hybridized carbons (Fsp3) is 0.517. The van der Waals surface area contributed by atoms with Gasteiger partial charge in [0.05, 0.1) is 19.1 Å². The van der Waals surface area contributed by atoms with Gasteiger partial charge >= 0.3 is 0 Å². The summed E-state index contributed by atoms with van der Waals surface area (Å²) in [4.78, 5) is 28.3. The summed E-state index contributed by atoms with van der Waals surface area (Å²) in [5, 5.41) is 3.10. The van der Waals surface area contributed by atoms with Gasteiger partial charge in [-0.3, -0.25) is 13.9 Å². The number of anilines is 1. The number of hydrogen-bond acceptors (Lipinski definition) is 7. The predicted molar refractivity (Wildman–Crippen MR) is 152 cm³/mol. The number of hydrogen-bond donors (Lipinski definition) is 1. The van der Waals surface area contributed by atoms with Gasteiger partial charge in [0.15, 0.2) is 11.5 Å². The van der Waals surface area contributed by atoms with Gasteiger partial charge in [-0.2, -0.15) is 0 Å². The maximum atomic E-state index is 13.6. The van der Waals surface area contributed by atoms with Crippen LogP contribution in [-0.2, 0) is 26.2 Å². The summed E-state index contributed by atoms with van der Waals surface area (Å²) in [5.74, 6) is 1.30. The first-order valence-electron chi connectivity index (χ1n) is 13.8. The number of carbonyl (C=O) groups is 2. The molecule has 2 aliphatic rings. The number of nitrogens with zero attached hydrogens (tertiary/aromatic N) is 2. The molecule has 10 nitrogen and oxygen atoms in total. The number of sulfonamides is 1. The van der Waals surface area contributed by atoms with Crippen molar-refractivity contribution < 1.29 is 32.2 Å². The Bertz CT molecular complexity index is 1290. The van der Waals surface area contributed by atoms with Crippen molar-refractivity contribution in [1.82, 2.24) is 10.2 Å². The van der Waals surface area contributed by atoms with Crippen molar-refractivity contribution in [3.05, 3.63) is 48.0 Å². The van der Waals surface area contributed by atoms with Crippen LogP contribution in [0.5, 0.6) is 17.2 Å². The maximum absolute atomic E-state index is 13.6. The zero-order chi connectivity index (χ0) is 28.7. The van der Waals surface area contributed by atoms with Gasteiger partial charge in [0, 0.05) is 31.6 Å². The first-order valence-corrected chi connectivity index (χ1v) is 15.6. The zero-order valence-electron chi connectivity index (χ0n) is 23.4. The second-order valence-corrected chi connectivity index (χ2v) is 12.2. The molecule has 1 N–H and O–H groups in total. The van der Waals surface area contributed by atoms with Crippen molar-refractivity contribution in [3.63, 3.8) is 0 Å². The van der Waals surface area contributed by atoms with Gasteiger partial charge in [0.2, 0.25) is 21.8 Å². The number of carbonyl (C=O) groups excluding carboxylic acids is 2. The first kappa shape index (κ1) is 29.5. The van der Waals surface area contributed by atoms with Gasteiger partial charge in [-0.1, -0.05) is 25.0 Å². The molecule has 0 unspecified atom stereocenters. The molecule has 4 rings (SSSR count). The van der Waals surface area contributed by atoms with Crippen LogP contribution in [0.4, 0.5) is 5.69 Å². The molecule has 2 amide bonds. The molecule has 0 spiro atoms. The summed E-state index contributed by atoms with van der Waals surface area (Å²) in [5.41, 5.74) is 1.28. The van der Waals surface area contributed by atoms with Crippen molar-refractivity contribution in [2.45, 2.75) is 64.1 Å². The minimum absolute atomic E-state index is 0.0710. The average Bonchev–Trinajstić information content (AvgIpc) is 3.45. The van der Waals surface area contributed by atoms with Crippen LogP contribution in [0.15, 0.2) is 42.5 Å². The smallest absolute Gasteiger partial charge is 0.242 e. The summed E-state index contributed by atoms with van der Waals surface area (Å²) in [6.07, 6.45) is 5.55. The third-order valence-electron chi connectivity index (χ3n) is 7.32. The standard InChI is InChI=1S/C29H39N3O7S/c1-21(29(34)30-23-9-4-5-10-23)31(20-22-8-6-11-25(18-22)37-2)28(33)12-7-15-32(40(3,35)36)24-13-14-26-27(19-24)39-17-16-38-26/h6,8,11,13-14,18-19,21,23H,4-5,7,9-10,12,15-17,20H2,1-3H3,(H,30,34)/t21-/m1/s1. The van der Waals surface area contributed by atoms with Crippen LogP contribution in [0.25, 0.3) is 0 Å². The number of methoxy groups -OCH3 is 1. The topological polar surface area (TPSA) is 114 Å². The van der Waals surface area contributed by atoms with Crippen LogP contribution in [0.2, 0.25) is 0 Å². The highest BCUT2D eigenvalue weighted by Gasteiger charge is 2.29. The van der Waals surface area contributed by atoms with E-state index >= 15 is 0 Å². The van der Waals surface area contributed by atoms with Gasteiger partial charge in [-0.25, -0.2) is 8.42 Å². The van der Waals surface area contributed by atoms with Gasteiger partial charge in [-0.05, 0) is 56.0 Å². The van der Waals surface area contributed by atoms with E-state index in [0.29, 0.717) is 36.1 Å². The fourth-order valence-corrected chi connectivity index (χ4v) is 6.09. The van der Waals surface area contributed by atoms with Crippen LogP contribution < -0.4 is 23.8 Å². The molecule has 1 atom stereocenters. The second-order valence-electron chi connectivity index (χ2n) is 10.3. The molecule has 0 bridgehead atoms. The normalized spacial score (nSPS) is 15.8. The Balaban J connectivity index is 1.46. The Morgan fingerprint density at radius 1 is 1.07 bits per heavy atom. The summed E-state index contributed by atoms with van der Waals surface area (Å²) < 4.78 is 43.1. The Morgan fingerprint density at radius 2 is 1.80 bits per heavy atom. The maximum Gasteiger partial charge on any atom is 0.242 e. The number of ether oxygens (including phenoxy) is 3. The van der Waals surface area contributed by atoms with E-state index < -0.39 is 16.1 Å². The minimum atomic E-state index is -3.63. The molecule has 218 valence electrons. The molecule has 1 aliphatic heterocycles. The third kappa shape index (κ3) is 7.59. The summed E-state index contributed by atoms with van der Waals surface area (Å²) in [6.45, 7) is 2.89. The van der Waals surface area contributed by atoms with Crippen LogP contribution >= 0.6 is 0 Å². The van der Waals surface area contributed by atoms with Gasteiger partial charge in [-0.15, -0.1) is 0 Å². The summed E-state index contributed by atoms with van der Waals surface area (Å²) in [7, 11) is -2.05. The largest absolute Gasteiger partial charge is 0.497 e. The molecule has 1 heterocycles. The highest BCUT2D eigenvalue weighted by atomic mass is 32.2. The molecule has 2 aromatic carbocycles. The van der Waals surface area contributed by atoms with E-state index in [0.717, 1.165) is 37.5 Å². The molecule has 1 aliphatic carbocycles. The number of rotatable bonds is 12. The number of amides is 2. The van der Waals surface area contributed by atoms with E-state index in [1.807, 2.05) is 24.3 Å². The minimum Gasteiger partial charge on any atom is -0.497 e. The van der Waals surface area contributed by atoms with Crippen LogP contribution in [0.1, 0.15) is 51.0 Å². The second kappa shape index (κ2) is 13.3. The monoisotopic (exact) mass is 573 g/mol. The van der Waals surface area contributed by atoms with Crippen molar-refractivity contribution in [3.8, 4) is 17.2 Å². The van der Waals surface area contributed by atoms with Crippen molar-refractivity contribution in [2.75, 3.05) is 37.4 Å². The SMILES string of the molecule is COc1cccc(CN(C(=O)CCCN(c2ccc3c(c2)OCCO3)S(C)(=O)=O)[C@H](C)C(=O)NC2CCCC2)c1. The van der Waals surface area contributed by atoms with Crippen molar-refractivity contribution in [1.29, 1.82) is 0 Å². The van der Waals surface area contributed by atoms with Gasteiger partial charge in [0.25, 0.3) is 0 Å². The number of benzene rings is 2. The lowest BCUT2D eigenvalue weighted by Gasteiger charge is -2.30. The molecule has 11 heteroatoms. The van der Waals surface area contributed by atoms with Crippen molar-refractivity contribution in [2.24, 2.45) is 0 Å². The Morgan fingerprint density at radius 3 is 2.50 bits per heavy atom. The average molecular weight is 574 g/mol. The number of fused-ring (bicyclic) bond motifs is 1. The van der Waals surface area contributed by atoms with Crippen LogP contribution in [-0.4, -0.2) is 70.3 Å². The van der Waals surface area contributed by atoms with E-state index in [9.17, 15) is 18.0 Å².